The predicted molar refractivity (Wildman–Crippen MR) is 100 cm³/mol. The Morgan fingerprint density at radius 1 is 0.917 bits per heavy atom. The lowest BCUT2D eigenvalue weighted by molar-refractivity contribution is 0.208. The molecule has 1 atom stereocenters. The van der Waals surface area contributed by atoms with Crippen LogP contribution in [0.4, 0.5) is 23.5 Å². The minimum absolute atomic E-state index is 0. The molecule has 2 heterocycles. The van der Waals surface area contributed by atoms with Crippen LogP contribution in [0.15, 0.2) is 0 Å². The van der Waals surface area contributed by atoms with Crippen LogP contribution in [-0.2, 0) is 0 Å². The summed E-state index contributed by atoms with van der Waals surface area (Å²) in [4.78, 5) is 17.8. The second-order valence-corrected chi connectivity index (χ2v) is 5.15. The summed E-state index contributed by atoms with van der Waals surface area (Å²) in [5.74, 6) is 2.17. The van der Waals surface area contributed by atoms with E-state index in [1.807, 2.05) is 0 Å². The highest BCUT2D eigenvalue weighted by molar-refractivity contribution is 5.94. The number of halogens is 1. The lowest BCUT2D eigenvalue weighted by Crippen LogP contribution is -2.18. The Labute approximate surface area is 147 Å². The maximum Gasteiger partial charge on any atom is 0.225 e. The zero-order chi connectivity index (χ0) is 16.8. The third kappa shape index (κ3) is 4.68. The molecule has 0 amide bonds. The highest BCUT2D eigenvalue weighted by Gasteiger charge is 2.14. The molecule has 134 valence electrons. The third-order valence-corrected chi connectivity index (χ3v) is 3.11. The average Bonchev–Trinajstić information content (AvgIpc) is 2.56. The second kappa shape index (κ2) is 9.24. The molecule has 2 rings (SSSR count). The van der Waals surface area contributed by atoms with Gasteiger partial charge in [-0.1, -0.05) is 6.92 Å². The molecule has 5 N–H and O–H groups in total. The minimum Gasteiger partial charge on any atom is -0.392 e. The van der Waals surface area contributed by atoms with Crippen LogP contribution in [-0.4, -0.2) is 58.3 Å². The van der Waals surface area contributed by atoms with Crippen molar-refractivity contribution in [1.82, 2.24) is 19.9 Å². The van der Waals surface area contributed by atoms with Gasteiger partial charge in [0.05, 0.1) is 6.10 Å². The molecular weight excluding hydrogens is 332 g/mol. The number of hydrogen-bond acceptors (Lipinski definition) is 9. The molecule has 0 aromatic carbocycles. The van der Waals surface area contributed by atoms with Crippen molar-refractivity contribution >= 4 is 47.0 Å². The molecule has 24 heavy (non-hydrogen) atoms. The molecule has 0 aliphatic rings. The Hall–Kier alpha value is -2.13. The van der Waals surface area contributed by atoms with E-state index in [0.717, 1.165) is 13.0 Å². The first-order valence-corrected chi connectivity index (χ1v) is 7.70. The van der Waals surface area contributed by atoms with Crippen LogP contribution in [0.1, 0.15) is 20.3 Å². The second-order valence-electron chi connectivity index (χ2n) is 5.15. The van der Waals surface area contributed by atoms with Gasteiger partial charge in [0.2, 0.25) is 11.9 Å². The Kier molecular flexibility index (Phi) is 7.66. The highest BCUT2D eigenvalue weighted by atomic mass is 35.5. The number of anilines is 4. The molecular formula is C14H25ClN8O. The summed E-state index contributed by atoms with van der Waals surface area (Å²) in [6.07, 6.45) is 0.487. The van der Waals surface area contributed by atoms with E-state index in [9.17, 15) is 5.11 Å². The van der Waals surface area contributed by atoms with Crippen molar-refractivity contribution in [3.63, 3.8) is 0 Å². The maximum atomic E-state index is 9.39. The van der Waals surface area contributed by atoms with Gasteiger partial charge in [-0.3, -0.25) is 0 Å². The number of aliphatic hydroxyl groups excluding tert-OH is 1. The third-order valence-electron chi connectivity index (χ3n) is 3.11. The molecule has 2 aromatic rings. The van der Waals surface area contributed by atoms with Gasteiger partial charge in [0.15, 0.2) is 11.6 Å². The van der Waals surface area contributed by atoms with Crippen molar-refractivity contribution < 1.29 is 5.11 Å². The summed E-state index contributed by atoms with van der Waals surface area (Å²) in [6, 6.07) is 0. The molecule has 0 spiro atoms. The largest absolute Gasteiger partial charge is 0.392 e. The molecule has 10 heteroatoms. The van der Waals surface area contributed by atoms with Gasteiger partial charge in [-0.15, -0.1) is 12.4 Å². The van der Waals surface area contributed by atoms with Crippen molar-refractivity contribution in [3.05, 3.63) is 0 Å². The lowest BCUT2D eigenvalue weighted by atomic mass is 10.3. The molecule has 0 radical (unpaired) electrons. The van der Waals surface area contributed by atoms with E-state index >= 15 is 0 Å². The van der Waals surface area contributed by atoms with E-state index in [0.29, 0.717) is 41.1 Å². The molecule has 0 fully saturated rings. The number of hydrogen-bond donors (Lipinski definition) is 5. The van der Waals surface area contributed by atoms with Gasteiger partial charge < -0.3 is 26.4 Å². The Bertz CT molecular complexity index is 667. The molecule has 9 nitrogen and oxygen atoms in total. The van der Waals surface area contributed by atoms with Crippen LogP contribution >= 0.6 is 12.4 Å². The van der Waals surface area contributed by atoms with E-state index in [1.165, 1.54) is 0 Å². The van der Waals surface area contributed by atoms with Crippen molar-refractivity contribution in [2.75, 3.05) is 48.5 Å². The van der Waals surface area contributed by atoms with Gasteiger partial charge >= 0.3 is 0 Å². The number of fused-ring (bicyclic) bond motifs is 1. The fourth-order valence-corrected chi connectivity index (χ4v) is 2.00. The van der Waals surface area contributed by atoms with Crippen LogP contribution in [0.25, 0.3) is 11.0 Å². The average molecular weight is 357 g/mol. The Morgan fingerprint density at radius 2 is 1.42 bits per heavy atom. The van der Waals surface area contributed by atoms with Gasteiger partial charge in [-0.25, -0.2) is 9.97 Å². The van der Waals surface area contributed by atoms with Crippen LogP contribution in [0.2, 0.25) is 0 Å². The molecule has 0 bridgehead atoms. The van der Waals surface area contributed by atoms with Gasteiger partial charge in [-0.2, -0.15) is 9.97 Å². The molecule has 0 unspecified atom stereocenters. The number of aliphatic hydroxyl groups is 1. The standard InChI is InChI=1S/C14H24N8O.ClH/c1-5-6-17-13-19-9-10(11(15-3)21-13)20-14(18-7-8(2)23)22-12(9)16-4;/h8,23H,5-7H2,1-4H3,(H2,15,17,19,21)(H2,16,18,20,22);1H/t8-;/m1./s1. The van der Waals surface area contributed by atoms with Crippen molar-refractivity contribution in [2.45, 2.75) is 26.4 Å². The summed E-state index contributed by atoms with van der Waals surface area (Å²) in [5.41, 5.74) is 1.25. The first-order valence-electron chi connectivity index (χ1n) is 7.70. The molecule has 0 aliphatic heterocycles. The molecule has 2 aromatic heterocycles. The first-order chi connectivity index (χ1) is 11.1. The maximum absolute atomic E-state index is 9.39. The fraction of sp³-hybridized carbons (Fsp3) is 0.571. The number of nitrogens with one attached hydrogen (secondary N) is 4. The first kappa shape index (κ1) is 19.9. The van der Waals surface area contributed by atoms with Crippen molar-refractivity contribution in [3.8, 4) is 0 Å². The fourth-order valence-electron chi connectivity index (χ4n) is 2.00. The molecule has 0 saturated heterocycles. The van der Waals surface area contributed by atoms with E-state index in [4.69, 9.17) is 0 Å². The topological polar surface area (TPSA) is 120 Å². The van der Waals surface area contributed by atoms with E-state index in [-0.39, 0.29) is 12.4 Å². The number of aromatic nitrogens is 4. The summed E-state index contributed by atoms with van der Waals surface area (Å²) in [6.45, 7) is 4.93. The highest BCUT2D eigenvalue weighted by Crippen LogP contribution is 2.26. The van der Waals surface area contributed by atoms with Crippen molar-refractivity contribution in [1.29, 1.82) is 0 Å². The van der Waals surface area contributed by atoms with E-state index in [2.05, 4.69) is 48.1 Å². The van der Waals surface area contributed by atoms with Crippen LogP contribution < -0.4 is 21.3 Å². The van der Waals surface area contributed by atoms with Crippen LogP contribution in [0, 0.1) is 0 Å². The van der Waals surface area contributed by atoms with Crippen LogP contribution in [0.3, 0.4) is 0 Å². The number of rotatable bonds is 8. The SMILES string of the molecule is CCCNc1nc(NC)c2nc(NC[C@@H](C)O)nc(NC)c2n1.Cl. The molecule has 0 aliphatic carbocycles. The monoisotopic (exact) mass is 356 g/mol. The number of nitrogens with zero attached hydrogens (tertiary/aromatic N) is 4. The normalized spacial score (nSPS) is 11.5. The van der Waals surface area contributed by atoms with E-state index in [1.54, 1.807) is 21.0 Å². The lowest BCUT2D eigenvalue weighted by Gasteiger charge is -2.13. The van der Waals surface area contributed by atoms with Crippen LogP contribution in [0.5, 0.6) is 0 Å². The smallest absolute Gasteiger partial charge is 0.225 e. The van der Waals surface area contributed by atoms with Gasteiger partial charge in [0.1, 0.15) is 11.0 Å². The van der Waals surface area contributed by atoms with Crippen molar-refractivity contribution in [2.24, 2.45) is 0 Å². The minimum atomic E-state index is -0.493. The Balaban J connectivity index is 0.00000288. The zero-order valence-electron chi connectivity index (χ0n) is 14.3. The van der Waals surface area contributed by atoms with Gasteiger partial charge in [-0.05, 0) is 13.3 Å². The summed E-state index contributed by atoms with van der Waals surface area (Å²) < 4.78 is 0. The van der Waals surface area contributed by atoms with Gasteiger partial charge in [0.25, 0.3) is 0 Å². The Morgan fingerprint density at radius 3 is 1.83 bits per heavy atom. The zero-order valence-corrected chi connectivity index (χ0v) is 15.2. The quantitative estimate of drug-likeness (QED) is 0.479. The summed E-state index contributed by atoms with van der Waals surface area (Å²) in [5, 5.41) is 21.6. The van der Waals surface area contributed by atoms with Gasteiger partial charge in [0, 0.05) is 27.2 Å². The summed E-state index contributed by atoms with van der Waals surface area (Å²) in [7, 11) is 3.57. The molecule has 0 saturated carbocycles. The predicted octanol–water partition coefficient (Wildman–Crippen LogP) is 1.54. The summed E-state index contributed by atoms with van der Waals surface area (Å²) >= 11 is 0. The van der Waals surface area contributed by atoms with E-state index < -0.39 is 6.10 Å².